The lowest BCUT2D eigenvalue weighted by Gasteiger charge is -2.35. The van der Waals surface area contributed by atoms with Gasteiger partial charge in [0.2, 0.25) is 0 Å². The van der Waals surface area contributed by atoms with E-state index in [4.69, 9.17) is 27.4 Å². The van der Waals surface area contributed by atoms with Gasteiger partial charge in [-0.3, -0.25) is 0 Å². The molecule has 1 saturated heterocycles. The highest BCUT2D eigenvalue weighted by Gasteiger charge is 2.22. The maximum atomic E-state index is 5.85. The average molecular weight is 294 g/mol. The van der Waals surface area contributed by atoms with Crippen LogP contribution in [0.15, 0.2) is 18.2 Å². The molecular formula is C15H22N2O2S. The van der Waals surface area contributed by atoms with E-state index >= 15 is 0 Å². The lowest BCUT2D eigenvalue weighted by molar-refractivity contribution is 0.143. The van der Waals surface area contributed by atoms with Crippen LogP contribution in [0.4, 0.5) is 5.69 Å². The van der Waals surface area contributed by atoms with Crippen molar-refractivity contribution in [2.45, 2.75) is 12.8 Å². The van der Waals surface area contributed by atoms with Crippen LogP contribution < -0.4 is 15.4 Å². The van der Waals surface area contributed by atoms with Crippen molar-refractivity contribution in [3.8, 4) is 5.75 Å². The Labute approximate surface area is 125 Å². The molecule has 4 nitrogen and oxygen atoms in total. The van der Waals surface area contributed by atoms with E-state index in [9.17, 15) is 0 Å². The van der Waals surface area contributed by atoms with Gasteiger partial charge in [0, 0.05) is 31.8 Å². The molecule has 5 heteroatoms. The van der Waals surface area contributed by atoms with E-state index in [1.54, 1.807) is 14.2 Å². The normalized spacial score (nSPS) is 18.9. The van der Waals surface area contributed by atoms with Gasteiger partial charge in [-0.05, 0) is 30.9 Å². The Kier molecular flexibility index (Phi) is 5.20. The topological polar surface area (TPSA) is 47.7 Å². The third-order valence-corrected chi connectivity index (χ3v) is 3.95. The zero-order valence-corrected chi connectivity index (χ0v) is 12.9. The van der Waals surface area contributed by atoms with Crippen molar-refractivity contribution in [3.63, 3.8) is 0 Å². The summed E-state index contributed by atoms with van der Waals surface area (Å²) in [7, 11) is 3.43. The van der Waals surface area contributed by atoms with Crippen molar-refractivity contribution in [1.82, 2.24) is 0 Å². The number of anilines is 1. The summed E-state index contributed by atoms with van der Waals surface area (Å²) in [4.78, 5) is 2.76. The second kappa shape index (κ2) is 6.90. The van der Waals surface area contributed by atoms with Gasteiger partial charge in [-0.15, -0.1) is 0 Å². The number of methoxy groups -OCH3 is 2. The molecule has 1 aromatic rings. The molecule has 0 aliphatic carbocycles. The van der Waals surface area contributed by atoms with E-state index in [0.717, 1.165) is 43.1 Å². The molecule has 0 bridgehead atoms. The van der Waals surface area contributed by atoms with Gasteiger partial charge < -0.3 is 20.1 Å². The van der Waals surface area contributed by atoms with Gasteiger partial charge in [-0.25, -0.2) is 0 Å². The third kappa shape index (κ3) is 3.41. The Morgan fingerprint density at radius 2 is 2.25 bits per heavy atom. The smallest absolute Gasteiger partial charge is 0.120 e. The standard InChI is InChI=1S/C15H22N2O2S/c1-18-10-11-4-3-7-17(9-11)14-8-12(19-2)5-6-13(14)15(16)20/h5-6,8,11H,3-4,7,9-10H2,1-2H3,(H2,16,20). The number of hydrogen-bond acceptors (Lipinski definition) is 4. The van der Waals surface area contributed by atoms with Crippen molar-refractivity contribution >= 4 is 22.9 Å². The maximum Gasteiger partial charge on any atom is 0.120 e. The molecule has 20 heavy (non-hydrogen) atoms. The van der Waals surface area contributed by atoms with Crippen LogP contribution in [0.2, 0.25) is 0 Å². The van der Waals surface area contributed by atoms with Gasteiger partial charge in [-0.2, -0.15) is 0 Å². The monoisotopic (exact) mass is 294 g/mol. The van der Waals surface area contributed by atoms with E-state index in [1.165, 1.54) is 6.42 Å². The zero-order chi connectivity index (χ0) is 14.5. The zero-order valence-electron chi connectivity index (χ0n) is 12.1. The molecule has 0 radical (unpaired) electrons. The SMILES string of the molecule is COCC1CCCN(c2cc(OC)ccc2C(N)=S)C1. The summed E-state index contributed by atoms with van der Waals surface area (Å²) in [6.45, 7) is 2.78. The van der Waals surface area contributed by atoms with E-state index < -0.39 is 0 Å². The number of benzene rings is 1. The maximum absolute atomic E-state index is 5.85. The summed E-state index contributed by atoms with van der Waals surface area (Å²) in [5.41, 5.74) is 7.83. The lowest BCUT2D eigenvalue weighted by Crippen LogP contribution is -2.38. The van der Waals surface area contributed by atoms with Gasteiger partial charge in [0.05, 0.1) is 19.4 Å². The van der Waals surface area contributed by atoms with E-state index in [0.29, 0.717) is 10.9 Å². The number of nitrogens with two attached hydrogens (primary N) is 1. The second-order valence-electron chi connectivity index (χ2n) is 5.16. The minimum absolute atomic E-state index is 0.427. The van der Waals surface area contributed by atoms with Crippen molar-refractivity contribution in [1.29, 1.82) is 0 Å². The fraction of sp³-hybridized carbons (Fsp3) is 0.533. The van der Waals surface area contributed by atoms with E-state index in [2.05, 4.69) is 4.90 Å². The summed E-state index contributed by atoms with van der Waals surface area (Å²) in [6.07, 6.45) is 2.36. The first-order valence-corrected chi connectivity index (χ1v) is 7.28. The molecule has 1 heterocycles. The van der Waals surface area contributed by atoms with E-state index in [-0.39, 0.29) is 0 Å². The molecule has 0 spiro atoms. The second-order valence-corrected chi connectivity index (χ2v) is 5.60. The van der Waals surface area contributed by atoms with Crippen LogP contribution in [0.5, 0.6) is 5.75 Å². The largest absolute Gasteiger partial charge is 0.497 e. The summed E-state index contributed by atoms with van der Waals surface area (Å²) in [5.74, 6) is 1.38. The average Bonchev–Trinajstić information content (AvgIpc) is 2.47. The highest BCUT2D eigenvalue weighted by molar-refractivity contribution is 7.80. The summed E-state index contributed by atoms with van der Waals surface area (Å²) in [6, 6.07) is 5.86. The molecule has 0 amide bonds. The molecule has 1 fully saturated rings. The fourth-order valence-electron chi connectivity index (χ4n) is 2.76. The predicted molar refractivity (Wildman–Crippen MR) is 85.7 cm³/mol. The molecule has 1 aliphatic heterocycles. The van der Waals surface area contributed by atoms with Crippen LogP contribution in [-0.2, 0) is 4.74 Å². The number of rotatable bonds is 5. The molecular weight excluding hydrogens is 272 g/mol. The molecule has 2 rings (SSSR count). The molecule has 1 unspecified atom stereocenters. The Bertz CT molecular complexity index is 477. The molecule has 110 valence electrons. The van der Waals surface area contributed by atoms with Gasteiger partial charge in [0.25, 0.3) is 0 Å². The Morgan fingerprint density at radius 1 is 1.45 bits per heavy atom. The molecule has 1 aliphatic rings. The van der Waals surface area contributed by atoms with Gasteiger partial charge in [0.15, 0.2) is 0 Å². The number of thiocarbonyl (C=S) groups is 1. The highest BCUT2D eigenvalue weighted by Crippen LogP contribution is 2.30. The van der Waals surface area contributed by atoms with Gasteiger partial charge in [-0.1, -0.05) is 12.2 Å². The van der Waals surface area contributed by atoms with Gasteiger partial charge in [0.1, 0.15) is 10.7 Å². The highest BCUT2D eigenvalue weighted by atomic mass is 32.1. The Balaban J connectivity index is 2.27. The van der Waals surface area contributed by atoms with Crippen LogP contribution in [0.1, 0.15) is 18.4 Å². The molecule has 1 atom stereocenters. The molecule has 0 saturated carbocycles. The quantitative estimate of drug-likeness (QED) is 0.844. The fourth-order valence-corrected chi connectivity index (χ4v) is 2.94. The Hall–Kier alpha value is -1.33. The number of ether oxygens (including phenoxy) is 2. The predicted octanol–water partition coefficient (Wildman–Crippen LogP) is 2.19. The number of nitrogens with zero attached hydrogens (tertiary/aromatic N) is 1. The number of piperidine rings is 1. The van der Waals surface area contributed by atoms with E-state index in [1.807, 2.05) is 18.2 Å². The van der Waals surface area contributed by atoms with Crippen molar-refractivity contribution in [2.24, 2.45) is 11.7 Å². The summed E-state index contributed by atoms with van der Waals surface area (Å²) < 4.78 is 10.6. The molecule has 0 aromatic heterocycles. The molecule has 1 aromatic carbocycles. The summed E-state index contributed by atoms with van der Waals surface area (Å²) in [5, 5.41) is 0. The first-order chi connectivity index (χ1) is 9.65. The first-order valence-electron chi connectivity index (χ1n) is 6.87. The van der Waals surface area contributed by atoms with Gasteiger partial charge >= 0.3 is 0 Å². The first kappa shape index (κ1) is 15.1. The van der Waals surface area contributed by atoms with Crippen molar-refractivity contribution < 1.29 is 9.47 Å². The van der Waals surface area contributed by atoms with Crippen LogP contribution >= 0.6 is 12.2 Å². The van der Waals surface area contributed by atoms with Crippen LogP contribution in [0.25, 0.3) is 0 Å². The lowest BCUT2D eigenvalue weighted by atomic mass is 9.97. The Morgan fingerprint density at radius 3 is 2.90 bits per heavy atom. The number of hydrogen-bond donors (Lipinski definition) is 1. The van der Waals surface area contributed by atoms with Crippen molar-refractivity contribution in [2.75, 3.05) is 38.8 Å². The van der Waals surface area contributed by atoms with Crippen LogP contribution in [-0.4, -0.2) is 38.9 Å². The minimum Gasteiger partial charge on any atom is -0.497 e. The minimum atomic E-state index is 0.427. The third-order valence-electron chi connectivity index (χ3n) is 3.73. The van der Waals surface area contributed by atoms with Crippen molar-refractivity contribution in [3.05, 3.63) is 23.8 Å². The van der Waals surface area contributed by atoms with Crippen LogP contribution in [0, 0.1) is 5.92 Å². The van der Waals surface area contributed by atoms with Crippen LogP contribution in [0.3, 0.4) is 0 Å². The summed E-state index contributed by atoms with van der Waals surface area (Å²) >= 11 is 5.16. The molecule has 2 N–H and O–H groups in total.